The number of carbonyl (C=O) groups is 2. The molecule has 1 atom stereocenters. The first kappa shape index (κ1) is 13.0. The van der Waals surface area contributed by atoms with Crippen LogP contribution in [0.4, 0.5) is 10.5 Å². The zero-order valence-electron chi connectivity index (χ0n) is 11.6. The number of rotatable bonds is 0. The van der Waals surface area contributed by atoms with Crippen LogP contribution in [0, 0.1) is 0 Å². The van der Waals surface area contributed by atoms with Gasteiger partial charge in [0, 0.05) is 18.8 Å². The number of likely N-dealkylation sites (tertiary alicyclic amines) is 1. The fraction of sp³-hybridized carbons (Fsp3) is 0.467. The summed E-state index contributed by atoms with van der Waals surface area (Å²) in [5.41, 5.74) is 1.79. The minimum atomic E-state index is -0.449. The third-order valence-electron chi connectivity index (χ3n) is 4.09. The van der Waals surface area contributed by atoms with Gasteiger partial charge in [0.15, 0.2) is 0 Å². The highest BCUT2D eigenvalue weighted by Gasteiger charge is 2.33. The third kappa shape index (κ3) is 2.24. The summed E-state index contributed by atoms with van der Waals surface area (Å²) in [5, 5.41) is 2.90. The molecule has 2 heterocycles. The second-order valence-corrected chi connectivity index (χ2v) is 5.43. The van der Waals surface area contributed by atoms with Crippen LogP contribution >= 0.6 is 0 Å². The van der Waals surface area contributed by atoms with Crippen LogP contribution in [0.1, 0.15) is 25.3 Å². The zero-order valence-corrected chi connectivity index (χ0v) is 11.6. The highest BCUT2D eigenvalue weighted by molar-refractivity contribution is 5.98. The molecule has 1 fully saturated rings. The lowest BCUT2D eigenvalue weighted by molar-refractivity contribution is -0.120. The Labute approximate surface area is 118 Å². The van der Waals surface area contributed by atoms with Crippen molar-refractivity contribution < 1.29 is 9.59 Å². The molecule has 5 nitrogen and oxygen atoms in total. The average molecular weight is 273 g/mol. The number of carbonyl (C=O) groups excluding carboxylic acids is 2. The summed E-state index contributed by atoms with van der Waals surface area (Å²) in [6.07, 6.45) is 2.10. The van der Waals surface area contributed by atoms with Gasteiger partial charge in [0.2, 0.25) is 5.91 Å². The zero-order chi connectivity index (χ0) is 14.1. The number of benzene rings is 1. The van der Waals surface area contributed by atoms with Crippen LogP contribution in [0.5, 0.6) is 0 Å². The lowest BCUT2D eigenvalue weighted by Crippen LogP contribution is -2.48. The summed E-state index contributed by atoms with van der Waals surface area (Å²) in [6.45, 7) is 3.86. The van der Waals surface area contributed by atoms with Crippen LogP contribution in [-0.2, 0) is 11.3 Å². The minimum Gasteiger partial charge on any atom is -0.325 e. The summed E-state index contributed by atoms with van der Waals surface area (Å²) in [4.78, 5) is 28.3. The topological polar surface area (TPSA) is 52.7 Å². The molecule has 106 valence electrons. The Morgan fingerprint density at radius 2 is 1.95 bits per heavy atom. The Bertz CT molecular complexity index is 538. The van der Waals surface area contributed by atoms with Gasteiger partial charge in [-0.15, -0.1) is 0 Å². The van der Waals surface area contributed by atoms with Crippen LogP contribution in [0.25, 0.3) is 0 Å². The van der Waals surface area contributed by atoms with E-state index in [1.165, 1.54) is 0 Å². The first-order chi connectivity index (χ1) is 9.66. The Morgan fingerprint density at radius 3 is 2.70 bits per heavy atom. The summed E-state index contributed by atoms with van der Waals surface area (Å²) in [5.74, 6) is -0.123. The quantitative estimate of drug-likeness (QED) is 0.786. The number of fused-ring (bicyclic) bond motifs is 1. The average Bonchev–Trinajstić information content (AvgIpc) is 2.95. The second-order valence-electron chi connectivity index (χ2n) is 5.43. The number of nitrogens with zero attached hydrogens (tertiary/aromatic N) is 2. The van der Waals surface area contributed by atoms with Gasteiger partial charge in [-0.25, -0.2) is 4.79 Å². The van der Waals surface area contributed by atoms with E-state index < -0.39 is 6.04 Å². The summed E-state index contributed by atoms with van der Waals surface area (Å²) in [6, 6.07) is 7.18. The molecule has 1 unspecified atom stereocenters. The Balaban J connectivity index is 1.89. The van der Waals surface area contributed by atoms with E-state index in [2.05, 4.69) is 5.32 Å². The van der Waals surface area contributed by atoms with Crippen molar-refractivity contribution in [3.63, 3.8) is 0 Å². The van der Waals surface area contributed by atoms with E-state index in [1.807, 2.05) is 29.2 Å². The fourth-order valence-electron chi connectivity index (χ4n) is 2.80. The van der Waals surface area contributed by atoms with Gasteiger partial charge in [-0.1, -0.05) is 18.2 Å². The number of hydrogen-bond donors (Lipinski definition) is 1. The highest BCUT2D eigenvalue weighted by Crippen LogP contribution is 2.24. The predicted octanol–water partition coefficient (Wildman–Crippen LogP) is 2.04. The number of anilines is 1. The molecule has 20 heavy (non-hydrogen) atoms. The number of urea groups is 1. The molecule has 3 amide bonds. The van der Waals surface area contributed by atoms with Crippen molar-refractivity contribution in [2.45, 2.75) is 32.4 Å². The predicted molar refractivity (Wildman–Crippen MR) is 76.3 cm³/mol. The Morgan fingerprint density at radius 1 is 1.25 bits per heavy atom. The molecule has 0 bridgehead atoms. The third-order valence-corrected chi connectivity index (χ3v) is 4.09. The van der Waals surface area contributed by atoms with E-state index in [-0.39, 0.29) is 11.9 Å². The fourth-order valence-corrected chi connectivity index (χ4v) is 2.80. The van der Waals surface area contributed by atoms with Crippen molar-refractivity contribution >= 4 is 17.6 Å². The molecule has 0 radical (unpaired) electrons. The summed E-state index contributed by atoms with van der Waals surface area (Å²) >= 11 is 0. The largest absolute Gasteiger partial charge is 0.325 e. The van der Waals surface area contributed by atoms with Crippen molar-refractivity contribution in [3.05, 3.63) is 29.8 Å². The number of nitrogens with one attached hydrogen (secondary N) is 1. The van der Waals surface area contributed by atoms with Gasteiger partial charge in [0.25, 0.3) is 0 Å². The minimum absolute atomic E-state index is 0.0261. The van der Waals surface area contributed by atoms with Gasteiger partial charge in [-0.3, -0.25) is 4.79 Å². The SMILES string of the molecule is CC1C(=O)Nc2ccccc2CN1C(=O)N1CCCC1. The van der Waals surface area contributed by atoms with Gasteiger partial charge in [-0.05, 0) is 31.4 Å². The van der Waals surface area contributed by atoms with Crippen LogP contribution < -0.4 is 5.32 Å². The van der Waals surface area contributed by atoms with Crippen LogP contribution in [-0.4, -0.2) is 40.9 Å². The van der Waals surface area contributed by atoms with Crippen molar-refractivity contribution in [1.82, 2.24) is 9.80 Å². The maximum atomic E-state index is 12.6. The van der Waals surface area contributed by atoms with E-state index in [9.17, 15) is 9.59 Å². The molecule has 0 aromatic heterocycles. The van der Waals surface area contributed by atoms with E-state index >= 15 is 0 Å². The molecule has 0 aliphatic carbocycles. The van der Waals surface area contributed by atoms with E-state index in [4.69, 9.17) is 0 Å². The van der Waals surface area contributed by atoms with E-state index in [1.54, 1.807) is 11.8 Å². The van der Waals surface area contributed by atoms with Crippen LogP contribution in [0.2, 0.25) is 0 Å². The number of para-hydroxylation sites is 1. The van der Waals surface area contributed by atoms with Crippen molar-refractivity contribution in [1.29, 1.82) is 0 Å². The standard InChI is InChI=1S/C15H19N3O2/c1-11-14(19)16-13-7-3-2-6-12(13)10-18(11)15(20)17-8-4-5-9-17/h2-3,6-7,11H,4-5,8-10H2,1H3,(H,16,19). The molecule has 0 saturated carbocycles. The van der Waals surface area contributed by atoms with E-state index in [0.717, 1.165) is 37.2 Å². The maximum absolute atomic E-state index is 12.6. The first-order valence-electron chi connectivity index (χ1n) is 7.11. The molecule has 0 spiro atoms. The molecule has 1 aromatic rings. The molecule has 1 aromatic carbocycles. The molecule has 1 N–H and O–H groups in total. The summed E-state index contributed by atoms with van der Waals surface area (Å²) in [7, 11) is 0. The lowest BCUT2D eigenvalue weighted by atomic mass is 10.1. The number of amides is 3. The molecular weight excluding hydrogens is 254 g/mol. The van der Waals surface area contributed by atoms with Crippen molar-refractivity contribution in [2.24, 2.45) is 0 Å². The highest BCUT2D eigenvalue weighted by atomic mass is 16.2. The molecule has 3 rings (SSSR count). The molecule has 2 aliphatic rings. The molecule has 1 saturated heterocycles. The maximum Gasteiger partial charge on any atom is 0.320 e. The monoisotopic (exact) mass is 273 g/mol. The smallest absolute Gasteiger partial charge is 0.320 e. The number of hydrogen-bond acceptors (Lipinski definition) is 2. The van der Waals surface area contributed by atoms with Gasteiger partial charge in [0.05, 0.1) is 6.54 Å². The first-order valence-corrected chi connectivity index (χ1v) is 7.11. The van der Waals surface area contributed by atoms with Gasteiger partial charge in [-0.2, -0.15) is 0 Å². The van der Waals surface area contributed by atoms with E-state index in [0.29, 0.717) is 6.54 Å². The molecular formula is C15H19N3O2. The molecule has 5 heteroatoms. The van der Waals surface area contributed by atoms with Gasteiger partial charge >= 0.3 is 6.03 Å². The van der Waals surface area contributed by atoms with Gasteiger partial charge < -0.3 is 15.1 Å². The Hall–Kier alpha value is -2.04. The van der Waals surface area contributed by atoms with Gasteiger partial charge in [0.1, 0.15) is 6.04 Å². The lowest BCUT2D eigenvalue weighted by Gasteiger charge is -2.30. The second kappa shape index (κ2) is 5.15. The van der Waals surface area contributed by atoms with Crippen LogP contribution in [0.15, 0.2) is 24.3 Å². The summed E-state index contributed by atoms with van der Waals surface area (Å²) < 4.78 is 0. The van der Waals surface area contributed by atoms with Crippen molar-refractivity contribution in [3.8, 4) is 0 Å². The molecule has 2 aliphatic heterocycles. The van der Waals surface area contributed by atoms with Crippen molar-refractivity contribution in [2.75, 3.05) is 18.4 Å². The normalized spacial score (nSPS) is 22.2. The van der Waals surface area contributed by atoms with Crippen LogP contribution in [0.3, 0.4) is 0 Å². The Kier molecular flexibility index (Phi) is 3.34.